The lowest BCUT2D eigenvalue weighted by Gasteiger charge is -2.36. The summed E-state index contributed by atoms with van der Waals surface area (Å²) in [5.41, 5.74) is 14.9. The zero-order chi connectivity index (χ0) is 28.8. The van der Waals surface area contributed by atoms with E-state index in [1.807, 2.05) is 12.3 Å². The van der Waals surface area contributed by atoms with Crippen LogP contribution in [0, 0.1) is 18.8 Å². The van der Waals surface area contributed by atoms with Gasteiger partial charge in [-0.1, -0.05) is 121 Å². The molecule has 3 aromatic carbocycles. The number of hydrogen-bond acceptors (Lipinski definition) is 1. The summed E-state index contributed by atoms with van der Waals surface area (Å²) in [4.78, 5) is 4.49. The average Bonchev–Trinajstić information content (AvgIpc) is 3.07. The van der Waals surface area contributed by atoms with Crippen molar-refractivity contribution in [2.24, 2.45) is 11.8 Å². The molecule has 0 aliphatic heterocycles. The van der Waals surface area contributed by atoms with Crippen LogP contribution >= 0.6 is 0 Å². The lowest BCUT2D eigenvalue weighted by Crippen LogP contribution is -2.40. The van der Waals surface area contributed by atoms with Crippen LogP contribution in [0.1, 0.15) is 41.6 Å². The Hall–Kier alpha value is -4.75. The fourth-order valence-electron chi connectivity index (χ4n) is 7.64. The summed E-state index contributed by atoms with van der Waals surface area (Å²) < 4.78 is 0. The maximum atomic E-state index is 4.49. The first kappa shape index (κ1) is 25.9. The van der Waals surface area contributed by atoms with E-state index in [0.29, 0.717) is 11.8 Å². The molecule has 2 atom stereocenters. The molecule has 0 saturated carbocycles. The summed E-state index contributed by atoms with van der Waals surface area (Å²) in [6.07, 6.45) is 23.0. The van der Waals surface area contributed by atoms with Crippen LogP contribution in [0.25, 0.3) is 33.9 Å². The van der Waals surface area contributed by atoms with Gasteiger partial charge in [-0.25, -0.2) is 0 Å². The number of aromatic nitrogens is 1. The summed E-state index contributed by atoms with van der Waals surface area (Å²) in [7, 11) is 0. The van der Waals surface area contributed by atoms with Crippen molar-refractivity contribution in [3.8, 4) is 11.1 Å². The van der Waals surface area contributed by atoms with Crippen molar-refractivity contribution in [1.29, 1.82) is 0 Å². The van der Waals surface area contributed by atoms with Gasteiger partial charge in [0.25, 0.3) is 0 Å². The Morgan fingerprint density at radius 2 is 1.30 bits per heavy atom. The molecule has 1 heterocycles. The van der Waals surface area contributed by atoms with Crippen LogP contribution in [-0.2, 0) is 6.42 Å². The van der Waals surface area contributed by atoms with Gasteiger partial charge in [-0.3, -0.25) is 4.98 Å². The second-order valence-corrected chi connectivity index (χ2v) is 12.1. The van der Waals surface area contributed by atoms with Gasteiger partial charge in [-0.05, 0) is 99.2 Å². The van der Waals surface area contributed by atoms with Gasteiger partial charge >= 0.3 is 0 Å². The van der Waals surface area contributed by atoms with Crippen LogP contribution in [0.15, 0.2) is 139 Å². The second kappa shape index (κ2) is 10.8. The molecule has 4 aliphatic carbocycles. The van der Waals surface area contributed by atoms with Crippen molar-refractivity contribution in [2.75, 3.05) is 0 Å². The maximum absolute atomic E-state index is 4.49. The minimum atomic E-state index is 0.342. The van der Waals surface area contributed by atoms with Crippen LogP contribution in [0.2, 0.25) is 0 Å². The molecular formula is C42H35N. The Kier molecular flexibility index (Phi) is 6.52. The largest absolute Gasteiger partial charge is 0.261 e. The Morgan fingerprint density at radius 1 is 0.628 bits per heavy atom. The smallest absolute Gasteiger partial charge is 0.0450 e. The minimum Gasteiger partial charge on any atom is -0.261 e. The highest BCUT2D eigenvalue weighted by Gasteiger charge is 2.34. The highest BCUT2D eigenvalue weighted by molar-refractivity contribution is 5.87. The number of benzene rings is 3. The van der Waals surface area contributed by atoms with E-state index in [2.05, 4.69) is 133 Å². The third-order valence-electron chi connectivity index (χ3n) is 9.69. The highest BCUT2D eigenvalue weighted by Crippen LogP contribution is 2.44. The molecular weight excluding hydrogens is 518 g/mol. The van der Waals surface area contributed by atoms with Crippen LogP contribution in [0.3, 0.4) is 0 Å². The number of allylic oxidation sites excluding steroid dienone is 9. The zero-order valence-corrected chi connectivity index (χ0v) is 24.6. The quantitative estimate of drug-likeness (QED) is 0.247. The molecule has 2 unspecified atom stereocenters. The van der Waals surface area contributed by atoms with E-state index >= 15 is 0 Å². The molecule has 4 aliphatic rings. The van der Waals surface area contributed by atoms with Gasteiger partial charge in [0.05, 0.1) is 0 Å². The molecule has 0 amide bonds. The number of fused-ring (bicyclic) bond motifs is 3. The van der Waals surface area contributed by atoms with Gasteiger partial charge in [0.15, 0.2) is 0 Å². The summed E-state index contributed by atoms with van der Waals surface area (Å²) in [5, 5.41) is 2.82. The van der Waals surface area contributed by atoms with E-state index in [1.54, 1.807) is 0 Å². The van der Waals surface area contributed by atoms with E-state index in [-0.39, 0.29) is 0 Å². The van der Waals surface area contributed by atoms with Gasteiger partial charge < -0.3 is 0 Å². The second-order valence-electron chi connectivity index (χ2n) is 12.1. The molecule has 8 rings (SSSR count). The van der Waals surface area contributed by atoms with Crippen LogP contribution in [-0.4, -0.2) is 4.98 Å². The van der Waals surface area contributed by atoms with Gasteiger partial charge in [0.2, 0.25) is 0 Å². The monoisotopic (exact) mass is 553 g/mol. The molecule has 0 fully saturated rings. The van der Waals surface area contributed by atoms with Crippen molar-refractivity contribution in [3.63, 3.8) is 0 Å². The molecule has 0 saturated heterocycles. The fraction of sp³-hybridized carbons (Fsp3) is 0.167. The molecule has 1 aromatic heterocycles. The summed E-state index contributed by atoms with van der Waals surface area (Å²) in [6.45, 7) is 2.08. The highest BCUT2D eigenvalue weighted by atomic mass is 14.7. The summed E-state index contributed by atoms with van der Waals surface area (Å²) in [5.74, 6) is 0.693. The third kappa shape index (κ3) is 4.61. The van der Waals surface area contributed by atoms with E-state index in [4.69, 9.17) is 0 Å². The molecule has 43 heavy (non-hydrogen) atoms. The van der Waals surface area contributed by atoms with E-state index in [1.165, 1.54) is 66.1 Å². The molecule has 0 bridgehead atoms. The minimum absolute atomic E-state index is 0.342. The Labute approximate surface area is 254 Å². The van der Waals surface area contributed by atoms with E-state index in [0.717, 1.165) is 31.4 Å². The van der Waals surface area contributed by atoms with E-state index in [9.17, 15) is 0 Å². The molecule has 1 heteroatoms. The summed E-state index contributed by atoms with van der Waals surface area (Å²) in [6, 6.07) is 31.3. The van der Waals surface area contributed by atoms with Crippen LogP contribution < -0.4 is 10.4 Å². The zero-order valence-electron chi connectivity index (χ0n) is 24.6. The van der Waals surface area contributed by atoms with Crippen LogP contribution in [0.4, 0.5) is 0 Å². The molecule has 4 aromatic rings. The Morgan fingerprint density at radius 3 is 2.05 bits per heavy atom. The Bertz CT molecular complexity index is 2030. The van der Waals surface area contributed by atoms with Gasteiger partial charge in [0.1, 0.15) is 0 Å². The lowest BCUT2D eigenvalue weighted by atomic mass is 9.67. The number of hydrogen-bond donors (Lipinski definition) is 0. The lowest BCUT2D eigenvalue weighted by molar-refractivity contribution is 0.673. The fourth-order valence-corrected chi connectivity index (χ4v) is 7.64. The van der Waals surface area contributed by atoms with Crippen molar-refractivity contribution in [3.05, 3.63) is 172 Å². The SMILES string of the molecule is Cc1ncccc1-c1ccc(C2=CCCC(C3=c4ccccc4=C(C4=Cc5ccccc5CC4)C4C=CC=CC34)=C2)cc1. The third-order valence-corrected chi connectivity index (χ3v) is 9.69. The van der Waals surface area contributed by atoms with Crippen molar-refractivity contribution in [2.45, 2.75) is 32.6 Å². The van der Waals surface area contributed by atoms with Gasteiger partial charge in [-0.15, -0.1) is 0 Å². The van der Waals surface area contributed by atoms with Crippen molar-refractivity contribution < 1.29 is 0 Å². The average molecular weight is 554 g/mol. The summed E-state index contributed by atoms with van der Waals surface area (Å²) >= 11 is 0. The number of aryl methyl sites for hydroxylation is 2. The first-order valence-corrected chi connectivity index (χ1v) is 15.7. The predicted octanol–water partition coefficient (Wildman–Crippen LogP) is 8.56. The van der Waals surface area contributed by atoms with Crippen molar-refractivity contribution >= 4 is 22.8 Å². The first-order valence-electron chi connectivity index (χ1n) is 15.7. The number of nitrogens with zero attached hydrogens (tertiary/aromatic N) is 1. The van der Waals surface area contributed by atoms with Crippen molar-refractivity contribution in [1.82, 2.24) is 4.98 Å². The molecule has 1 nitrogen and oxygen atoms in total. The molecule has 208 valence electrons. The standard InChI is InChI=1S/C42H35N/c1-28-36(18-9-25-43-28)31-22-19-30(20-23-31)33-12-8-13-34(26-33)41-37-14-4-6-16-39(37)42(40-17-7-5-15-38(40)41)35-24-21-29-10-2-3-11-32(29)27-35/h2-7,9-12,14-20,22-23,25-27,37,39H,8,13,21,24H2,1H3. The van der Waals surface area contributed by atoms with Crippen LogP contribution in [0.5, 0.6) is 0 Å². The Balaban J connectivity index is 1.25. The number of pyridine rings is 1. The van der Waals surface area contributed by atoms with Gasteiger partial charge in [0, 0.05) is 29.3 Å². The predicted molar refractivity (Wildman–Crippen MR) is 180 cm³/mol. The normalized spacial score (nSPS) is 20.4. The van der Waals surface area contributed by atoms with Gasteiger partial charge in [-0.2, -0.15) is 0 Å². The molecule has 0 radical (unpaired) electrons. The maximum Gasteiger partial charge on any atom is 0.0450 e. The first-order chi connectivity index (χ1) is 21.2. The van der Waals surface area contributed by atoms with E-state index < -0.39 is 0 Å². The number of rotatable bonds is 4. The topological polar surface area (TPSA) is 12.9 Å². The molecule has 0 spiro atoms. The molecule has 0 N–H and O–H groups in total.